The standard InChI is InChI=1S/C17H15FN6/c1-11-5-6-15-21-14(12(2)24(15)22-11)10-23-9-8-20-17(23)16-13(18)4-3-7-19-16/h3-9H,10H2,1-2H3. The van der Waals surface area contributed by atoms with Crippen LogP contribution in [0, 0.1) is 19.7 Å². The molecule has 0 atom stereocenters. The molecule has 0 saturated heterocycles. The third kappa shape index (κ3) is 2.34. The van der Waals surface area contributed by atoms with Crippen LogP contribution in [0.1, 0.15) is 17.1 Å². The van der Waals surface area contributed by atoms with Gasteiger partial charge in [0.2, 0.25) is 0 Å². The van der Waals surface area contributed by atoms with Gasteiger partial charge in [0.15, 0.2) is 17.3 Å². The predicted octanol–water partition coefficient (Wildman–Crippen LogP) is 2.79. The van der Waals surface area contributed by atoms with Crippen molar-refractivity contribution >= 4 is 5.65 Å². The van der Waals surface area contributed by atoms with Gasteiger partial charge in [0.1, 0.15) is 5.69 Å². The van der Waals surface area contributed by atoms with E-state index in [4.69, 9.17) is 0 Å². The van der Waals surface area contributed by atoms with E-state index in [1.807, 2.05) is 35.1 Å². The highest BCUT2D eigenvalue weighted by molar-refractivity contribution is 5.51. The first kappa shape index (κ1) is 14.5. The van der Waals surface area contributed by atoms with Gasteiger partial charge in [-0.25, -0.2) is 23.9 Å². The number of nitrogens with zero attached hydrogens (tertiary/aromatic N) is 6. The molecule has 4 aromatic rings. The smallest absolute Gasteiger partial charge is 0.162 e. The molecule has 0 spiro atoms. The molecule has 4 aromatic heterocycles. The largest absolute Gasteiger partial charge is 0.324 e. The van der Waals surface area contributed by atoms with Crippen molar-refractivity contribution < 1.29 is 4.39 Å². The molecule has 7 heteroatoms. The van der Waals surface area contributed by atoms with Gasteiger partial charge >= 0.3 is 0 Å². The molecule has 0 saturated carbocycles. The maximum atomic E-state index is 14.0. The second kappa shape index (κ2) is 5.52. The van der Waals surface area contributed by atoms with Gasteiger partial charge in [-0.15, -0.1) is 0 Å². The molecule has 0 aliphatic heterocycles. The Bertz CT molecular complexity index is 1030. The molecule has 0 aromatic carbocycles. The second-order valence-corrected chi connectivity index (χ2v) is 5.60. The van der Waals surface area contributed by atoms with Crippen LogP contribution in [0.2, 0.25) is 0 Å². The fraction of sp³-hybridized carbons (Fsp3) is 0.176. The van der Waals surface area contributed by atoms with Crippen molar-refractivity contribution in [3.63, 3.8) is 0 Å². The van der Waals surface area contributed by atoms with Crippen LogP contribution in [0.15, 0.2) is 42.9 Å². The van der Waals surface area contributed by atoms with E-state index in [1.54, 1.807) is 24.7 Å². The van der Waals surface area contributed by atoms with Gasteiger partial charge in [0.25, 0.3) is 0 Å². The first-order chi connectivity index (χ1) is 11.6. The van der Waals surface area contributed by atoms with Gasteiger partial charge in [0, 0.05) is 18.6 Å². The number of hydrogen-bond acceptors (Lipinski definition) is 4. The monoisotopic (exact) mass is 322 g/mol. The zero-order chi connectivity index (χ0) is 16.7. The average molecular weight is 322 g/mol. The minimum Gasteiger partial charge on any atom is -0.324 e. The Morgan fingerprint density at radius 2 is 1.96 bits per heavy atom. The molecule has 4 heterocycles. The molecular weight excluding hydrogens is 307 g/mol. The summed E-state index contributed by atoms with van der Waals surface area (Å²) in [5.41, 5.74) is 3.77. The summed E-state index contributed by atoms with van der Waals surface area (Å²) in [5, 5.41) is 4.48. The topological polar surface area (TPSA) is 60.9 Å². The Hall–Kier alpha value is -3.09. The van der Waals surface area contributed by atoms with Crippen LogP contribution in [-0.4, -0.2) is 29.1 Å². The maximum Gasteiger partial charge on any atom is 0.162 e. The zero-order valence-corrected chi connectivity index (χ0v) is 13.3. The number of fused-ring (bicyclic) bond motifs is 1. The van der Waals surface area contributed by atoms with Crippen molar-refractivity contribution in [2.45, 2.75) is 20.4 Å². The van der Waals surface area contributed by atoms with E-state index >= 15 is 0 Å². The van der Waals surface area contributed by atoms with Crippen molar-refractivity contribution in [3.05, 3.63) is 65.8 Å². The number of halogens is 1. The molecular formula is C17H15FN6. The lowest BCUT2D eigenvalue weighted by Crippen LogP contribution is -2.05. The van der Waals surface area contributed by atoms with Gasteiger partial charge in [-0.05, 0) is 38.1 Å². The van der Waals surface area contributed by atoms with Crippen LogP contribution in [0.3, 0.4) is 0 Å². The zero-order valence-electron chi connectivity index (χ0n) is 13.3. The number of aromatic nitrogens is 6. The van der Waals surface area contributed by atoms with E-state index in [9.17, 15) is 4.39 Å². The Kier molecular flexibility index (Phi) is 3.34. The highest BCUT2D eigenvalue weighted by atomic mass is 19.1. The van der Waals surface area contributed by atoms with Crippen LogP contribution in [0.5, 0.6) is 0 Å². The van der Waals surface area contributed by atoms with Gasteiger partial charge in [-0.1, -0.05) is 0 Å². The summed E-state index contributed by atoms with van der Waals surface area (Å²) in [7, 11) is 0. The third-order valence-electron chi connectivity index (χ3n) is 3.94. The highest BCUT2D eigenvalue weighted by Crippen LogP contribution is 2.20. The van der Waals surface area contributed by atoms with E-state index < -0.39 is 5.82 Å². The van der Waals surface area contributed by atoms with E-state index in [0.29, 0.717) is 12.4 Å². The molecule has 0 amide bonds. The average Bonchev–Trinajstić information content (AvgIpc) is 3.14. The van der Waals surface area contributed by atoms with Crippen LogP contribution in [0.4, 0.5) is 4.39 Å². The first-order valence-electron chi connectivity index (χ1n) is 7.57. The molecule has 0 fully saturated rings. The van der Waals surface area contributed by atoms with Gasteiger partial charge in [0.05, 0.1) is 23.6 Å². The van der Waals surface area contributed by atoms with Crippen molar-refractivity contribution in [2.24, 2.45) is 0 Å². The molecule has 120 valence electrons. The molecule has 0 aliphatic carbocycles. The molecule has 0 aliphatic rings. The molecule has 0 bridgehead atoms. The van der Waals surface area contributed by atoms with Gasteiger partial charge < -0.3 is 4.57 Å². The summed E-state index contributed by atoms with van der Waals surface area (Å²) in [5.74, 6) is 0.0858. The van der Waals surface area contributed by atoms with Crippen LogP contribution in [0.25, 0.3) is 17.2 Å². The minimum absolute atomic E-state index is 0.234. The minimum atomic E-state index is -0.394. The third-order valence-corrected chi connectivity index (χ3v) is 3.94. The molecule has 0 unspecified atom stereocenters. The molecule has 0 radical (unpaired) electrons. The quantitative estimate of drug-likeness (QED) is 0.582. The summed E-state index contributed by atoms with van der Waals surface area (Å²) in [6, 6.07) is 6.81. The number of pyridine rings is 1. The number of imidazole rings is 2. The lowest BCUT2D eigenvalue weighted by molar-refractivity contribution is 0.621. The Labute approximate surface area is 137 Å². The van der Waals surface area contributed by atoms with Crippen molar-refractivity contribution in [1.29, 1.82) is 0 Å². The van der Waals surface area contributed by atoms with E-state index in [0.717, 1.165) is 22.7 Å². The highest BCUT2D eigenvalue weighted by Gasteiger charge is 2.15. The fourth-order valence-corrected chi connectivity index (χ4v) is 2.70. The normalized spacial score (nSPS) is 11.3. The first-order valence-corrected chi connectivity index (χ1v) is 7.57. The Morgan fingerprint density at radius 1 is 1.08 bits per heavy atom. The summed E-state index contributed by atoms with van der Waals surface area (Å²) < 4.78 is 17.7. The number of aryl methyl sites for hydroxylation is 2. The molecule has 24 heavy (non-hydrogen) atoms. The predicted molar refractivity (Wildman–Crippen MR) is 87.0 cm³/mol. The van der Waals surface area contributed by atoms with E-state index in [1.165, 1.54) is 6.07 Å². The summed E-state index contributed by atoms with van der Waals surface area (Å²) in [4.78, 5) is 13.0. The maximum absolute atomic E-state index is 14.0. The fourth-order valence-electron chi connectivity index (χ4n) is 2.70. The van der Waals surface area contributed by atoms with Crippen LogP contribution < -0.4 is 0 Å². The van der Waals surface area contributed by atoms with Crippen LogP contribution in [-0.2, 0) is 6.54 Å². The second-order valence-electron chi connectivity index (χ2n) is 5.60. The summed E-state index contributed by atoms with van der Waals surface area (Å²) in [6.07, 6.45) is 4.99. The lowest BCUT2D eigenvalue weighted by Gasteiger charge is -2.07. The van der Waals surface area contributed by atoms with Crippen molar-refractivity contribution in [3.8, 4) is 11.5 Å². The van der Waals surface area contributed by atoms with E-state index in [-0.39, 0.29) is 5.69 Å². The number of rotatable bonds is 3. The summed E-state index contributed by atoms with van der Waals surface area (Å²) >= 11 is 0. The van der Waals surface area contributed by atoms with Crippen molar-refractivity contribution in [1.82, 2.24) is 29.1 Å². The van der Waals surface area contributed by atoms with Crippen LogP contribution >= 0.6 is 0 Å². The number of hydrogen-bond donors (Lipinski definition) is 0. The van der Waals surface area contributed by atoms with Crippen molar-refractivity contribution in [2.75, 3.05) is 0 Å². The molecule has 0 N–H and O–H groups in total. The summed E-state index contributed by atoms with van der Waals surface area (Å²) in [6.45, 7) is 4.38. The molecule has 4 rings (SSSR count). The van der Waals surface area contributed by atoms with E-state index in [2.05, 4.69) is 20.1 Å². The Morgan fingerprint density at radius 3 is 2.79 bits per heavy atom. The molecule has 6 nitrogen and oxygen atoms in total. The Balaban J connectivity index is 1.77. The van der Waals surface area contributed by atoms with Gasteiger partial charge in [-0.2, -0.15) is 5.10 Å². The van der Waals surface area contributed by atoms with Gasteiger partial charge in [-0.3, -0.25) is 0 Å². The lowest BCUT2D eigenvalue weighted by atomic mass is 10.3. The SMILES string of the molecule is Cc1ccc2nc(Cn3ccnc3-c3ncccc3F)c(C)n2n1.